The zero-order chi connectivity index (χ0) is 18.8. The van der Waals surface area contributed by atoms with Gasteiger partial charge in [-0.2, -0.15) is 0 Å². The lowest BCUT2D eigenvalue weighted by atomic mass is 9.95. The highest BCUT2D eigenvalue weighted by Gasteiger charge is 2.17. The maximum absolute atomic E-state index is 13.2. The number of fused-ring (bicyclic) bond motifs is 1. The molecule has 3 aromatic rings. The Labute approximate surface area is 152 Å². The van der Waals surface area contributed by atoms with Crippen LogP contribution in [0.2, 0.25) is 0 Å². The van der Waals surface area contributed by atoms with Gasteiger partial charge in [0.1, 0.15) is 11.4 Å². The van der Waals surface area contributed by atoms with Crippen LogP contribution >= 0.6 is 0 Å². The third kappa shape index (κ3) is 3.70. The average molecular weight is 353 g/mol. The number of hydrogen-bond donors (Lipinski definition) is 1. The van der Waals surface area contributed by atoms with Crippen LogP contribution in [0.1, 0.15) is 42.1 Å². The summed E-state index contributed by atoms with van der Waals surface area (Å²) < 4.78 is 18.7. The van der Waals surface area contributed by atoms with Crippen LogP contribution in [-0.2, 0) is 6.54 Å². The van der Waals surface area contributed by atoms with Crippen molar-refractivity contribution in [2.24, 2.45) is 5.92 Å². The van der Waals surface area contributed by atoms with Gasteiger partial charge in [0.2, 0.25) is 0 Å². The van der Waals surface area contributed by atoms with Crippen LogP contribution in [0.15, 0.2) is 51.7 Å². The minimum atomic E-state index is -0.342. The van der Waals surface area contributed by atoms with Crippen LogP contribution in [0, 0.1) is 25.6 Å². The van der Waals surface area contributed by atoms with E-state index in [4.69, 9.17) is 4.42 Å². The number of aryl methyl sites for hydroxylation is 2. The van der Waals surface area contributed by atoms with Crippen molar-refractivity contribution in [2.75, 3.05) is 0 Å². The van der Waals surface area contributed by atoms with Gasteiger partial charge in [-0.15, -0.1) is 0 Å². The van der Waals surface area contributed by atoms with Gasteiger partial charge in [-0.25, -0.2) is 9.18 Å². The Morgan fingerprint density at radius 1 is 1.08 bits per heavy atom. The third-order valence-corrected chi connectivity index (χ3v) is 4.93. The molecule has 0 fully saturated rings. The summed E-state index contributed by atoms with van der Waals surface area (Å²) >= 11 is 0. The van der Waals surface area contributed by atoms with Gasteiger partial charge in [0.25, 0.3) is 0 Å². The van der Waals surface area contributed by atoms with E-state index in [1.807, 2.05) is 26.0 Å². The van der Waals surface area contributed by atoms with E-state index in [1.54, 1.807) is 18.2 Å². The molecule has 0 saturated heterocycles. The van der Waals surface area contributed by atoms with Crippen LogP contribution in [-0.4, -0.2) is 0 Å². The minimum Gasteiger partial charge on any atom is -0.422 e. The molecule has 0 aliphatic heterocycles. The summed E-state index contributed by atoms with van der Waals surface area (Å²) in [5.41, 5.74) is 4.33. The molecule has 26 heavy (non-hydrogen) atoms. The molecule has 0 saturated carbocycles. The lowest BCUT2D eigenvalue weighted by molar-refractivity contribution is 0.410. The molecule has 0 amide bonds. The van der Waals surface area contributed by atoms with E-state index in [9.17, 15) is 9.18 Å². The highest BCUT2D eigenvalue weighted by molar-refractivity contribution is 5.83. The van der Waals surface area contributed by atoms with E-state index in [1.165, 1.54) is 12.1 Å². The summed E-state index contributed by atoms with van der Waals surface area (Å²) in [6.07, 6.45) is 0. The van der Waals surface area contributed by atoms with Gasteiger partial charge in [0, 0.05) is 24.0 Å². The topological polar surface area (TPSA) is 42.2 Å². The molecule has 1 heterocycles. The zero-order valence-electron chi connectivity index (χ0n) is 15.6. The van der Waals surface area contributed by atoms with Crippen molar-refractivity contribution >= 4 is 11.0 Å². The van der Waals surface area contributed by atoms with Crippen molar-refractivity contribution in [2.45, 2.75) is 40.3 Å². The van der Waals surface area contributed by atoms with Gasteiger partial charge >= 0.3 is 5.63 Å². The van der Waals surface area contributed by atoms with E-state index in [0.29, 0.717) is 18.0 Å². The van der Waals surface area contributed by atoms with Gasteiger partial charge in [0.15, 0.2) is 0 Å². The highest BCUT2D eigenvalue weighted by Crippen LogP contribution is 2.26. The summed E-state index contributed by atoms with van der Waals surface area (Å²) in [5, 5.41) is 4.47. The monoisotopic (exact) mass is 353 g/mol. The first-order valence-corrected chi connectivity index (χ1v) is 8.88. The smallest absolute Gasteiger partial charge is 0.336 e. The quantitative estimate of drug-likeness (QED) is 0.654. The summed E-state index contributed by atoms with van der Waals surface area (Å²) in [5.74, 6) is 0.0737. The van der Waals surface area contributed by atoms with E-state index < -0.39 is 0 Å². The molecule has 3 nitrogen and oxygen atoms in total. The number of hydrogen-bond acceptors (Lipinski definition) is 3. The molecule has 0 aliphatic carbocycles. The number of halogens is 1. The van der Waals surface area contributed by atoms with Gasteiger partial charge in [0.05, 0.1) is 0 Å². The fourth-order valence-electron chi connectivity index (χ4n) is 3.30. The largest absolute Gasteiger partial charge is 0.422 e. The van der Waals surface area contributed by atoms with Crippen LogP contribution in [0.3, 0.4) is 0 Å². The summed E-state index contributed by atoms with van der Waals surface area (Å²) in [6, 6.07) is 12.2. The summed E-state index contributed by atoms with van der Waals surface area (Å²) in [6.45, 7) is 8.74. The van der Waals surface area contributed by atoms with Crippen molar-refractivity contribution in [3.8, 4) is 0 Å². The second kappa shape index (κ2) is 7.42. The minimum absolute atomic E-state index is 0.0597. The first-order valence-electron chi connectivity index (χ1n) is 8.88. The zero-order valence-corrected chi connectivity index (χ0v) is 15.6. The van der Waals surface area contributed by atoms with E-state index in [-0.39, 0.29) is 17.5 Å². The standard InChI is InChI=1S/C22H24FNO2/c1-13(2)21(16-6-8-18(23)9-7-16)24-12-17-11-20(25)26-22-15(4)14(3)5-10-19(17)22/h5-11,13,21,24H,12H2,1-4H3/t21-/m0/s1. The highest BCUT2D eigenvalue weighted by atomic mass is 19.1. The van der Waals surface area contributed by atoms with Crippen molar-refractivity contribution in [3.63, 3.8) is 0 Å². The van der Waals surface area contributed by atoms with Crippen molar-refractivity contribution in [1.82, 2.24) is 5.32 Å². The molecule has 0 unspecified atom stereocenters. The Morgan fingerprint density at radius 2 is 1.77 bits per heavy atom. The van der Waals surface area contributed by atoms with E-state index in [2.05, 4.69) is 19.2 Å². The Kier molecular flexibility index (Phi) is 5.23. The Balaban J connectivity index is 1.94. The molecule has 0 bridgehead atoms. The second-order valence-electron chi connectivity index (χ2n) is 7.13. The summed E-state index contributed by atoms with van der Waals surface area (Å²) in [7, 11) is 0. The van der Waals surface area contributed by atoms with Crippen molar-refractivity contribution in [1.29, 1.82) is 0 Å². The van der Waals surface area contributed by atoms with Crippen LogP contribution in [0.5, 0.6) is 0 Å². The molecule has 0 aliphatic rings. The normalized spacial score (nSPS) is 12.7. The summed E-state index contributed by atoms with van der Waals surface area (Å²) in [4.78, 5) is 12.0. The molecule has 4 heteroatoms. The number of nitrogens with one attached hydrogen (secondary N) is 1. The molecular weight excluding hydrogens is 329 g/mol. The average Bonchev–Trinajstić information content (AvgIpc) is 2.60. The first kappa shape index (κ1) is 18.3. The van der Waals surface area contributed by atoms with Gasteiger partial charge in [-0.1, -0.05) is 38.1 Å². The van der Waals surface area contributed by atoms with E-state index in [0.717, 1.165) is 27.6 Å². The van der Waals surface area contributed by atoms with Crippen LogP contribution in [0.25, 0.3) is 11.0 Å². The molecule has 3 rings (SSSR count). The lowest BCUT2D eigenvalue weighted by Crippen LogP contribution is -2.26. The fourth-order valence-corrected chi connectivity index (χ4v) is 3.30. The maximum atomic E-state index is 13.2. The number of benzene rings is 2. The molecule has 1 aromatic heterocycles. The molecule has 136 valence electrons. The predicted molar refractivity (Wildman–Crippen MR) is 103 cm³/mol. The Hall–Kier alpha value is -2.46. The molecule has 2 aromatic carbocycles. The van der Waals surface area contributed by atoms with Crippen molar-refractivity contribution < 1.29 is 8.81 Å². The first-order chi connectivity index (χ1) is 12.4. The molecule has 1 N–H and O–H groups in total. The van der Waals surface area contributed by atoms with Gasteiger partial charge in [-0.05, 0) is 54.2 Å². The molecule has 0 radical (unpaired) electrons. The van der Waals surface area contributed by atoms with E-state index >= 15 is 0 Å². The second-order valence-corrected chi connectivity index (χ2v) is 7.13. The lowest BCUT2D eigenvalue weighted by Gasteiger charge is -2.23. The Morgan fingerprint density at radius 3 is 2.42 bits per heavy atom. The molecule has 0 spiro atoms. The van der Waals surface area contributed by atoms with Crippen LogP contribution in [0.4, 0.5) is 4.39 Å². The fraction of sp³-hybridized carbons (Fsp3) is 0.318. The van der Waals surface area contributed by atoms with Crippen molar-refractivity contribution in [3.05, 3.63) is 81.0 Å². The molecule has 1 atom stereocenters. The van der Waals surface area contributed by atoms with Crippen LogP contribution < -0.4 is 10.9 Å². The predicted octanol–water partition coefficient (Wildman–Crippen LogP) is 5.04. The van der Waals surface area contributed by atoms with Gasteiger partial charge in [-0.3, -0.25) is 0 Å². The molecular formula is C22H24FNO2. The SMILES string of the molecule is Cc1ccc2c(CN[C@H](c3ccc(F)cc3)C(C)C)cc(=O)oc2c1C. The maximum Gasteiger partial charge on any atom is 0.336 e. The Bertz CT molecular complexity index is 974. The number of rotatable bonds is 5. The van der Waals surface area contributed by atoms with Gasteiger partial charge < -0.3 is 9.73 Å². The third-order valence-electron chi connectivity index (χ3n) is 4.93.